The third-order valence-corrected chi connectivity index (χ3v) is 3.52. The maximum Gasteiger partial charge on any atom is 0.147 e. The fourth-order valence-electron chi connectivity index (χ4n) is 2.45. The van der Waals surface area contributed by atoms with Crippen LogP contribution in [0.4, 0.5) is 5.82 Å². The predicted molar refractivity (Wildman–Crippen MR) is 79.0 cm³/mol. The molecule has 0 amide bonds. The van der Waals surface area contributed by atoms with Crippen LogP contribution in [0.2, 0.25) is 0 Å². The van der Waals surface area contributed by atoms with E-state index in [1.165, 1.54) is 0 Å². The Morgan fingerprint density at radius 3 is 2.70 bits per heavy atom. The zero-order chi connectivity index (χ0) is 14.3. The van der Waals surface area contributed by atoms with Gasteiger partial charge in [-0.1, -0.05) is 18.2 Å². The molecule has 0 bridgehead atoms. The molecule has 0 saturated carbocycles. The number of aliphatic hydroxyl groups excluding tert-OH is 1. The fourth-order valence-corrected chi connectivity index (χ4v) is 2.45. The summed E-state index contributed by atoms with van der Waals surface area (Å²) < 4.78 is 2.07. The van der Waals surface area contributed by atoms with Gasteiger partial charge in [0.05, 0.1) is 18.0 Å². The van der Waals surface area contributed by atoms with Crippen molar-refractivity contribution in [2.24, 2.45) is 7.05 Å². The van der Waals surface area contributed by atoms with Crippen LogP contribution in [0.5, 0.6) is 0 Å². The lowest BCUT2D eigenvalue weighted by Crippen LogP contribution is -2.06. The second-order valence-corrected chi connectivity index (χ2v) is 4.80. The number of benzene rings is 1. The Morgan fingerprint density at radius 1 is 1.25 bits per heavy atom. The number of hydrogen-bond acceptors (Lipinski definition) is 4. The molecule has 1 aromatic carbocycles. The van der Waals surface area contributed by atoms with Crippen LogP contribution in [0.1, 0.15) is 11.4 Å². The van der Waals surface area contributed by atoms with Crippen molar-refractivity contribution < 1.29 is 5.11 Å². The third kappa shape index (κ3) is 1.83. The minimum Gasteiger partial charge on any atom is -0.390 e. The van der Waals surface area contributed by atoms with Gasteiger partial charge in [0.2, 0.25) is 0 Å². The van der Waals surface area contributed by atoms with E-state index in [0.717, 1.165) is 28.0 Å². The molecule has 3 N–H and O–H groups in total. The quantitative estimate of drug-likeness (QED) is 0.745. The molecule has 3 rings (SSSR count). The lowest BCUT2D eigenvalue weighted by molar-refractivity contribution is 0.277. The smallest absolute Gasteiger partial charge is 0.147 e. The molecular weight excluding hydrogens is 252 g/mol. The van der Waals surface area contributed by atoms with E-state index in [9.17, 15) is 5.11 Å². The highest BCUT2D eigenvalue weighted by Crippen LogP contribution is 2.28. The van der Waals surface area contributed by atoms with Crippen LogP contribution in [-0.4, -0.2) is 19.6 Å². The van der Waals surface area contributed by atoms with Crippen LogP contribution in [0, 0.1) is 6.92 Å². The summed E-state index contributed by atoms with van der Waals surface area (Å²) in [6.07, 6.45) is 0. The summed E-state index contributed by atoms with van der Waals surface area (Å²) >= 11 is 0. The average Bonchev–Trinajstić information content (AvgIpc) is 2.77. The highest BCUT2D eigenvalue weighted by atomic mass is 16.3. The molecule has 0 aliphatic carbocycles. The van der Waals surface area contributed by atoms with Crippen molar-refractivity contribution in [2.75, 3.05) is 5.73 Å². The van der Waals surface area contributed by atoms with Gasteiger partial charge in [0.1, 0.15) is 17.2 Å². The molecule has 102 valence electrons. The largest absolute Gasteiger partial charge is 0.390 e. The van der Waals surface area contributed by atoms with Gasteiger partial charge in [0.25, 0.3) is 0 Å². The Kier molecular flexibility index (Phi) is 2.91. The number of fused-ring (bicyclic) bond motifs is 1. The van der Waals surface area contributed by atoms with E-state index in [1.54, 1.807) is 0 Å². The molecule has 0 unspecified atom stereocenters. The Balaban J connectivity index is 2.28. The zero-order valence-corrected chi connectivity index (χ0v) is 11.5. The van der Waals surface area contributed by atoms with Crippen LogP contribution in [0.25, 0.3) is 22.3 Å². The minimum absolute atomic E-state index is 0.212. The number of rotatable bonds is 2. The van der Waals surface area contributed by atoms with Crippen molar-refractivity contribution >= 4 is 16.7 Å². The van der Waals surface area contributed by atoms with Gasteiger partial charge in [-0.3, -0.25) is 0 Å². The first-order chi connectivity index (χ1) is 9.61. The van der Waals surface area contributed by atoms with Gasteiger partial charge in [0, 0.05) is 18.0 Å². The van der Waals surface area contributed by atoms with Crippen LogP contribution in [0.15, 0.2) is 30.3 Å². The standard InChI is InChI=1S/C15H16N4O/c1-9-14(18-11(8-20)15(16)17-9)13-7-10-5-3-4-6-12(10)19(13)2/h3-7,20H,8H2,1-2H3,(H2,16,17). The summed E-state index contributed by atoms with van der Waals surface area (Å²) in [5.41, 5.74) is 9.77. The van der Waals surface area contributed by atoms with E-state index in [-0.39, 0.29) is 12.4 Å². The minimum atomic E-state index is -0.212. The van der Waals surface area contributed by atoms with E-state index in [1.807, 2.05) is 26.1 Å². The van der Waals surface area contributed by atoms with E-state index in [0.29, 0.717) is 5.69 Å². The lowest BCUT2D eigenvalue weighted by atomic mass is 10.2. The van der Waals surface area contributed by atoms with Gasteiger partial charge in [-0.05, 0) is 19.1 Å². The molecule has 5 nitrogen and oxygen atoms in total. The van der Waals surface area contributed by atoms with Gasteiger partial charge in [-0.25, -0.2) is 9.97 Å². The molecule has 0 radical (unpaired) electrons. The molecule has 2 aromatic heterocycles. The number of aryl methyl sites for hydroxylation is 2. The third-order valence-electron chi connectivity index (χ3n) is 3.52. The molecular formula is C15H16N4O. The highest BCUT2D eigenvalue weighted by molar-refractivity contribution is 5.86. The van der Waals surface area contributed by atoms with Crippen LogP contribution >= 0.6 is 0 Å². The normalized spacial score (nSPS) is 11.2. The van der Waals surface area contributed by atoms with E-state index in [4.69, 9.17) is 5.73 Å². The number of aromatic nitrogens is 3. The Morgan fingerprint density at radius 2 is 2.00 bits per heavy atom. The monoisotopic (exact) mass is 268 g/mol. The first-order valence-corrected chi connectivity index (χ1v) is 6.40. The topological polar surface area (TPSA) is 77.0 Å². The average molecular weight is 268 g/mol. The van der Waals surface area contributed by atoms with Crippen LogP contribution in [-0.2, 0) is 13.7 Å². The molecule has 0 aliphatic heterocycles. The van der Waals surface area contributed by atoms with Crippen LogP contribution in [0.3, 0.4) is 0 Å². The first kappa shape index (κ1) is 12.6. The van der Waals surface area contributed by atoms with Crippen molar-refractivity contribution in [1.29, 1.82) is 0 Å². The number of hydrogen-bond donors (Lipinski definition) is 2. The highest BCUT2D eigenvalue weighted by Gasteiger charge is 2.14. The number of aliphatic hydroxyl groups is 1. The Labute approximate surface area is 116 Å². The van der Waals surface area contributed by atoms with Crippen molar-refractivity contribution in [3.05, 3.63) is 41.7 Å². The lowest BCUT2D eigenvalue weighted by Gasteiger charge is -2.09. The van der Waals surface area contributed by atoms with Gasteiger partial charge in [-0.15, -0.1) is 0 Å². The number of nitrogen functional groups attached to an aromatic ring is 1. The van der Waals surface area contributed by atoms with Crippen molar-refractivity contribution in [3.8, 4) is 11.4 Å². The molecule has 5 heteroatoms. The zero-order valence-electron chi connectivity index (χ0n) is 11.5. The second kappa shape index (κ2) is 4.61. The van der Waals surface area contributed by atoms with E-state index < -0.39 is 0 Å². The molecule has 0 atom stereocenters. The molecule has 2 heterocycles. The van der Waals surface area contributed by atoms with E-state index >= 15 is 0 Å². The van der Waals surface area contributed by atoms with Gasteiger partial charge < -0.3 is 15.4 Å². The SMILES string of the molecule is Cc1nc(N)c(CO)nc1-c1cc2ccccc2n1C. The number of nitrogens with zero attached hydrogens (tertiary/aromatic N) is 3. The van der Waals surface area contributed by atoms with Crippen molar-refractivity contribution in [3.63, 3.8) is 0 Å². The predicted octanol–water partition coefficient (Wildman–Crippen LogP) is 2.02. The van der Waals surface area contributed by atoms with E-state index in [2.05, 4.69) is 32.7 Å². The number of nitrogens with two attached hydrogens (primary N) is 1. The summed E-state index contributed by atoms with van der Waals surface area (Å²) in [5, 5.41) is 10.4. The number of para-hydroxylation sites is 1. The molecule has 3 aromatic rings. The summed E-state index contributed by atoms with van der Waals surface area (Å²) in [4.78, 5) is 8.73. The summed E-state index contributed by atoms with van der Waals surface area (Å²) in [5.74, 6) is 0.285. The fraction of sp³-hybridized carbons (Fsp3) is 0.200. The van der Waals surface area contributed by atoms with Gasteiger partial charge in [0.15, 0.2) is 0 Å². The second-order valence-electron chi connectivity index (χ2n) is 4.80. The van der Waals surface area contributed by atoms with Crippen LogP contribution < -0.4 is 5.73 Å². The van der Waals surface area contributed by atoms with Gasteiger partial charge >= 0.3 is 0 Å². The summed E-state index contributed by atoms with van der Waals surface area (Å²) in [6.45, 7) is 1.66. The molecule has 20 heavy (non-hydrogen) atoms. The van der Waals surface area contributed by atoms with Crippen molar-refractivity contribution in [1.82, 2.24) is 14.5 Å². The summed E-state index contributed by atoms with van der Waals surface area (Å²) in [7, 11) is 1.99. The van der Waals surface area contributed by atoms with Gasteiger partial charge in [-0.2, -0.15) is 0 Å². The maximum absolute atomic E-state index is 9.30. The Hall–Kier alpha value is -2.40. The maximum atomic E-state index is 9.30. The van der Waals surface area contributed by atoms with Crippen molar-refractivity contribution in [2.45, 2.75) is 13.5 Å². The number of anilines is 1. The Bertz CT molecular complexity index is 792. The molecule has 0 saturated heterocycles. The summed E-state index contributed by atoms with van der Waals surface area (Å²) in [6, 6.07) is 10.2. The first-order valence-electron chi connectivity index (χ1n) is 6.40. The molecule has 0 spiro atoms. The molecule has 0 aliphatic rings. The molecule has 0 fully saturated rings.